The quantitative estimate of drug-likeness (QED) is 0.0300. The molecule has 0 bridgehead atoms. The first-order valence-electron chi connectivity index (χ1n) is 32.2. The molecule has 3 saturated heterocycles. The molecular weight excluding hydrogens is 1180 g/mol. The fourth-order valence-corrected chi connectivity index (χ4v) is 11.8. The predicted octanol–water partition coefficient (Wildman–Crippen LogP) is 7.14. The van der Waals surface area contributed by atoms with E-state index in [1.165, 1.54) is 37.9 Å². The summed E-state index contributed by atoms with van der Waals surface area (Å²) in [6.45, 7) is 21.3. The Morgan fingerprint density at radius 2 is 0.796 bits per heavy atom. The zero-order valence-electron chi connectivity index (χ0n) is 53.8. The number of piperazine rings is 1. The summed E-state index contributed by atoms with van der Waals surface area (Å²) in [5.41, 5.74) is 40.4. The number of benzene rings is 5. The van der Waals surface area contributed by atoms with Gasteiger partial charge < -0.3 is 102 Å². The van der Waals surface area contributed by atoms with Gasteiger partial charge in [0.15, 0.2) is 0 Å². The van der Waals surface area contributed by atoms with Gasteiger partial charge in [-0.3, -0.25) is 19.6 Å². The van der Waals surface area contributed by atoms with Gasteiger partial charge in [-0.05, 0) is 130 Å². The average molecular weight is 1280 g/mol. The smallest absolute Gasteiger partial charge is 0.143 e. The molecule has 5 aromatic carbocycles. The Balaban J connectivity index is 0.000000138. The van der Waals surface area contributed by atoms with E-state index in [4.69, 9.17) is 77.5 Å². The second-order valence-electron chi connectivity index (χ2n) is 23.1. The minimum absolute atomic E-state index is 0.00653. The summed E-state index contributed by atoms with van der Waals surface area (Å²) in [7, 11) is 0. The Morgan fingerprint density at radius 1 is 0.398 bits per heavy atom. The first-order chi connectivity index (χ1) is 45.4. The highest BCUT2D eigenvalue weighted by Gasteiger charge is 2.19. The van der Waals surface area contributed by atoms with Gasteiger partial charge in [0, 0.05) is 158 Å². The maximum Gasteiger partial charge on any atom is 0.143 e. The average Bonchev–Trinajstić information content (AvgIpc) is 1.71. The number of ether oxygens (including phenoxy) is 6. The number of aryl methyl sites for hydroxylation is 2. The molecule has 0 radical (unpaired) electrons. The number of aliphatic hydroxyl groups is 4. The fraction of sp³-hybridized carbons (Fsp3) is 0.420. The number of nitrogens with one attached hydrogen (secondary N) is 4. The molecule has 8 heterocycles. The number of nitrogens with two attached hydrogens (primary N) is 5. The molecule has 18 N–H and O–H groups in total. The first kappa shape index (κ1) is 68.8. The predicted molar refractivity (Wildman–Crippen MR) is 373 cm³/mol. The molecule has 13 rings (SSSR count). The first-order valence-corrected chi connectivity index (χ1v) is 32.2. The van der Waals surface area contributed by atoms with E-state index in [0.717, 1.165) is 185 Å². The summed E-state index contributed by atoms with van der Waals surface area (Å²) in [6, 6.07) is 26.4. The number of piperidine rings is 1. The van der Waals surface area contributed by atoms with Crippen molar-refractivity contribution in [1.82, 2.24) is 44.1 Å². The number of fused-ring (bicyclic) bond motifs is 5. The molecule has 3 aliphatic rings. The van der Waals surface area contributed by atoms with Crippen LogP contribution in [0.15, 0.2) is 110 Å². The second kappa shape index (κ2) is 34.9. The molecule has 3 aliphatic heterocycles. The minimum Gasteiger partial charge on any atom is -0.490 e. The molecule has 10 aromatic rings. The summed E-state index contributed by atoms with van der Waals surface area (Å²) >= 11 is 0. The zero-order chi connectivity index (χ0) is 65.5. The molecule has 93 heavy (non-hydrogen) atoms. The lowest BCUT2D eigenvalue weighted by Gasteiger charge is -2.34. The Hall–Kier alpha value is -8.56. The number of aromatic amines is 4. The molecule has 24 heteroatoms. The topological polar surface area (TPSA) is 347 Å². The summed E-state index contributed by atoms with van der Waals surface area (Å²) < 4.78 is 35.8. The largest absolute Gasteiger partial charge is 0.490 e. The van der Waals surface area contributed by atoms with E-state index in [1.54, 1.807) is 24.3 Å². The number of H-pyrrole nitrogens is 4. The van der Waals surface area contributed by atoms with Crippen LogP contribution in [0.2, 0.25) is 0 Å². The SMILES string of the molecule is Cc1[nH]c2c(OCCN3CCN(CCO)CC3)ccc(N)c2c1C.Nc1ccc(OCCN2CCCCC2)c2[nH]ccc12.Nc1ccc(OCCN2CCOCC2)c2[nH]ccc12.Nc1ccc(OCCO)c2[nH]ccc12.Nc1ccc(OCCO)c2c1ccn2CCO. The van der Waals surface area contributed by atoms with Crippen molar-refractivity contribution in [3.8, 4) is 28.7 Å². The molecule has 0 atom stereocenters. The van der Waals surface area contributed by atoms with Gasteiger partial charge in [-0.15, -0.1) is 0 Å². The highest BCUT2D eigenvalue weighted by molar-refractivity contribution is 5.99. The molecule has 0 amide bonds. The normalized spacial score (nSPS) is 14.8. The molecule has 0 spiro atoms. The van der Waals surface area contributed by atoms with Crippen molar-refractivity contribution >= 4 is 83.0 Å². The molecule has 3 fully saturated rings. The van der Waals surface area contributed by atoms with Crippen molar-refractivity contribution in [2.45, 2.75) is 39.7 Å². The lowest BCUT2D eigenvalue weighted by atomic mass is 10.1. The number of hydrogen-bond donors (Lipinski definition) is 13. The van der Waals surface area contributed by atoms with Crippen molar-refractivity contribution in [3.05, 3.63) is 121 Å². The molecule has 24 nitrogen and oxygen atoms in total. The Bertz CT molecular complexity index is 3780. The van der Waals surface area contributed by atoms with Gasteiger partial charge in [-0.25, -0.2) is 0 Å². The van der Waals surface area contributed by atoms with Crippen LogP contribution >= 0.6 is 0 Å². The van der Waals surface area contributed by atoms with E-state index in [0.29, 0.717) is 36.9 Å². The Labute approximate surface area is 543 Å². The van der Waals surface area contributed by atoms with Crippen LogP contribution in [0.4, 0.5) is 28.4 Å². The van der Waals surface area contributed by atoms with E-state index in [-0.39, 0.29) is 39.6 Å². The van der Waals surface area contributed by atoms with E-state index in [9.17, 15) is 0 Å². The van der Waals surface area contributed by atoms with E-state index >= 15 is 0 Å². The summed E-state index contributed by atoms with van der Waals surface area (Å²) in [5.74, 6) is 4.01. The summed E-state index contributed by atoms with van der Waals surface area (Å²) in [5, 5.41) is 40.4. The second-order valence-corrected chi connectivity index (χ2v) is 23.1. The van der Waals surface area contributed by atoms with E-state index in [2.05, 4.69) is 53.4 Å². The van der Waals surface area contributed by atoms with Gasteiger partial charge in [0.1, 0.15) is 61.8 Å². The Morgan fingerprint density at radius 3 is 1.27 bits per heavy atom. The van der Waals surface area contributed by atoms with Crippen LogP contribution in [-0.4, -0.2) is 216 Å². The van der Waals surface area contributed by atoms with Crippen molar-refractivity contribution < 1.29 is 48.8 Å². The number of morpholine rings is 1. The van der Waals surface area contributed by atoms with Crippen LogP contribution in [0, 0.1) is 13.8 Å². The Kier molecular flexibility index (Phi) is 25.8. The van der Waals surface area contributed by atoms with Gasteiger partial charge in [-0.1, -0.05) is 6.42 Å². The zero-order valence-corrected chi connectivity index (χ0v) is 53.8. The number of likely N-dealkylation sites (tertiary alicyclic amines) is 1. The van der Waals surface area contributed by atoms with Gasteiger partial charge in [0.2, 0.25) is 0 Å². The van der Waals surface area contributed by atoms with Crippen LogP contribution in [0.25, 0.3) is 54.5 Å². The van der Waals surface area contributed by atoms with Crippen molar-refractivity contribution in [1.29, 1.82) is 0 Å². The van der Waals surface area contributed by atoms with E-state index < -0.39 is 0 Å². The monoisotopic (exact) mass is 1280 g/mol. The molecule has 502 valence electrons. The third-order valence-electron chi connectivity index (χ3n) is 17.0. The number of aromatic nitrogens is 5. The maximum absolute atomic E-state index is 9.00. The molecule has 5 aromatic heterocycles. The molecular formula is C69H96N14O10. The van der Waals surface area contributed by atoms with Crippen LogP contribution in [-0.2, 0) is 11.3 Å². The van der Waals surface area contributed by atoms with Crippen LogP contribution in [0.3, 0.4) is 0 Å². The third-order valence-corrected chi connectivity index (χ3v) is 17.0. The highest BCUT2D eigenvalue weighted by atomic mass is 16.5. The minimum atomic E-state index is -0.0351. The van der Waals surface area contributed by atoms with Crippen molar-refractivity contribution in [3.63, 3.8) is 0 Å². The summed E-state index contributed by atoms with van der Waals surface area (Å²) in [4.78, 5) is 22.4. The van der Waals surface area contributed by atoms with Crippen LogP contribution in [0.5, 0.6) is 28.7 Å². The number of anilines is 5. The molecule has 0 unspecified atom stereocenters. The number of nitrogen functional groups attached to an aromatic ring is 5. The highest BCUT2D eigenvalue weighted by Crippen LogP contribution is 2.35. The van der Waals surface area contributed by atoms with Gasteiger partial charge in [-0.2, -0.15) is 0 Å². The maximum atomic E-state index is 9.00. The van der Waals surface area contributed by atoms with E-state index in [1.807, 2.05) is 90.0 Å². The number of hydrogen-bond acceptors (Lipinski definition) is 19. The lowest BCUT2D eigenvalue weighted by Crippen LogP contribution is -2.48. The molecule has 0 saturated carbocycles. The number of nitrogens with zero attached hydrogens (tertiary/aromatic N) is 5. The van der Waals surface area contributed by atoms with Crippen LogP contribution in [0.1, 0.15) is 30.5 Å². The summed E-state index contributed by atoms with van der Waals surface area (Å²) in [6.07, 6.45) is 11.5. The lowest BCUT2D eigenvalue weighted by molar-refractivity contribution is 0.0323. The standard InChI is InChI=1S/C18H28N4O2.C15H21N3O.C14H19N3O2.C12H16N2O3.C10H12N2O2/c1-13-14(2)20-18-16(4-3-15(19)17(13)18)24-12-10-22-7-5-21(6-8-22)9-11-23;16-13-4-5-14(15-12(13)6-7-17-15)19-11-10-18-8-2-1-3-9-18;15-12-1-2-13(14-11(12)3-4-16-14)19-10-7-17-5-8-18-9-6-17;13-10-1-2-11(17-8-7-16)12-9(10)3-4-14(12)5-6-15;11-8-1-2-9(14-6-5-13)10-7(8)3-4-12-10/h3-4,20,23H,5-12,19H2,1-2H3;4-7,17H,1-3,8-11,16H2;1-4,16H,5-10,15H2;1-4,15-16H,5-8,13H2;1-4,12-13H,5-6,11H2. The van der Waals surface area contributed by atoms with Gasteiger partial charge in [0.05, 0.1) is 67.2 Å². The van der Waals surface area contributed by atoms with Crippen molar-refractivity contribution in [2.75, 3.05) is 180 Å². The number of aliphatic hydroxyl groups excluding tert-OH is 4. The fourth-order valence-electron chi connectivity index (χ4n) is 11.8. The number of rotatable bonds is 22. The van der Waals surface area contributed by atoms with Gasteiger partial charge in [0.25, 0.3) is 0 Å². The number of β-amino-alcohol motifs (C(OH)–C–C–N with tert-alkyl or cyclic N) is 1. The third kappa shape index (κ3) is 18.4. The van der Waals surface area contributed by atoms with Gasteiger partial charge >= 0.3 is 0 Å². The van der Waals surface area contributed by atoms with Crippen molar-refractivity contribution in [2.24, 2.45) is 0 Å². The molecule has 0 aliphatic carbocycles. The van der Waals surface area contributed by atoms with Crippen LogP contribution < -0.4 is 52.4 Å².